The van der Waals surface area contributed by atoms with Gasteiger partial charge in [0.25, 0.3) is 0 Å². The quantitative estimate of drug-likeness (QED) is 0.894. The largest absolute Gasteiger partial charge is 0.444 e. The molecule has 0 saturated carbocycles. The number of hydrogen-bond donors (Lipinski definition) is 1. The van der Waals surface area contributed by atoms with Gasteiger partial charge in [0, 0.05) is 32.7 Å². The monoisotopic (exact) mass is 347 g/mol. The number of hydrogen-bond acceptors (Lipinski definition) is 3. The first-order valence-electron chi connectivity index (χ1n) is 8.72. The van der Waals surface area contributed by atoms with Crippen molar-refractivity contribution < 1.29 is 14.3 Å². The number of nitrogens with zero attached hydrogens (tertiary/aromatic N) is 2. The van der Waals surface area contributed by atoms with Crippen LogP contribution in [0.4, 0.5) is 9.59 Å². The second kappa shape index (κ2) is 7.76. The maximum atomic E-state index is 12.3. The van der Waals surface area contributed by atoms with E-state index in [9.17, 15) is 9.59 Å². The second-order valence-corrected chi connectivity index (χ2v) is 7.54. The summed E-state index contributed by atoms with van der Waals surface area (Å²) in [6.45, 7) is 12.2. The highest BCUT2D eigenvalue weighted by molar-refractivity contribution is 5.75. The molecule has 0 atom stereocenters. The predicted octanol–water partition coefficient (Wildman–Crippen LogP) is 3.07. The molecule has 0 bridgehead atoms. The number of rotatable bonds is 2. The maximum absolute atomic E-state index is 12.3. The molecular formula is C19H29N3O3. The molecule has 1 N–H and O–H groups in total. The first-order chi connectivity index (χ1) is 11.7. The van der Waals surface area contributed by atoms with Gasteiger partial charge in [-0.25, -0.2) is 9.59 Å². The fourth-order valence-corrected chi connectivity index (χ4v) is 2.75. The summed E-state index contributed by atoms with van der Waals surface area (Å²) in [6.07, 6.45) is -0.317. The molecule has 1 aliphatic heterocycles. The van der Waals surface area contributed by atoms with Gasteiger partial charge in [0.15, 0.2) is 0 Å². The Morgan fingerprint density at radius 1 is 1.08 bits per heavy atom. The molecule has 0 spiro atoms. The van der Waals surface area contributed by atoms with Crippen LogP contribution < -0.4 is 5.32 Å². The van der Waals surface area contributed by atoms with E-state index in [1.807, 2.05) is 39.8 Å². The van der Waals surface area contributed by atoms with Gasteiger partial charge in [0.05, 0.1) is 0 Å². The molecule has 1 fully saturated rings. The lowest BCUT2D eigenvalue weighted by Gasteiger charge is -2.35. The Balaban J connectivity index is 1.80. The van der Waals surface area contributed by atoms with Gasteiger partial charge in [-0.2, -0.15) is 0 Å². The number of benzene rings is 1. The maximum Gasteiger partial charge on any atom is 0.410 e. The van der Waals surface area contributed by atoms with Crippen LogP contribution in [0, 0.1) is 13.8 Å². The fourth-order valence-electron chi connectivity index (χ4n) is 2.75. The number of piperazine rings is 1. The number of carbonyl (C=O) groups is 2. The van der Waals surface area contributed by atoms with E-state index < -0.39 is 5.60 Å². The Hall–Kier alpha value is -2.24. The SMILES string of the molecule is Cc1ccc(CNC(=O)N2CCN(C(=O)OC(C)(C)C)CC2)c(C)c1. The lowest BCUT2D eigenvalue weighted by molar-refractivity contribution is 0.0170. The third kappa shape index (κ3) is 5.66. The van der Waals surface area contributed by atoms with Crippen LogP contribution in [0.5, 0.6) is 0 Å². The van der Waals surface area contributed by atoms with E-state index in [1.165, 1.54) is 11.1 Å². The van der Waals surface area contributed by atoms with Crippen molar-refractivity contribution in [3.63, 3.8) is 0 Å². The number of urea groups is 1. The first-order valence-corrected chi connectivity index (χ1v) is 8.72. The average molecular weight is 347 g/mol. The summed E-state index contributed by atoms with van der Waals surface area (Å²) in [6, 6.07) is 6.12. The Labute approximate surface area is 150 Å². The molecule has 0 radical (unpaired) electrons. The summed E-state index contributed by atoms with van der Waals surface area (Å²) in [5.74, 6) is 0. The smallest absolute Gasteiger partial charge is 0.410 e. The Kier molecular flexibility index (Phi) is 5.93. The summed E-state index contributed by atoms with van der Waals surface area (Å²) in [4.78, 5) is 27.8. The number of ether oxygens (including phenoxy) is 1. The van der Waals surface area contributed by atoms with E-state index >= 15 is 0 Å². The number of carbonyl (C=O) groups excluding carboxylic acids is 2. The lowest BCUT2D eigenvalue weighted by Crippen LogP contribution is -2.53. The molecule has 1 heterocycles. The standard InChI is InChI=1S/C19H29N3O3/c1-14-6-7-16(15(2)12-14)13-20-17(23)21-8-10-22(11-9-21)18(24)25-19(3,4)5/h6-7,12H,8-11,13H2,1-5H3,(H,20,23). The van der Waals surface area contributed by atoms with Gasteiger partial charge >= 0.3 is 12.1 Å². The summed E-state index contributed by atoms with van der Waals surface area (Å²) in [5.41, 5.74) is 3.00. The molecule has 2 rings (SSSR count). The predicted molar refractivity (Wildman–Crippen MR) is 97.5 cm³/mol. The van der Waals surface area contributed by atoms with Crippen LogP contribution in [-0.4, -0.2) is 53.7 Å². The Bertz CT molecular complexity index is 629. The average Bonchev–Trinajstić information content (AvgIpc) is 2.52. The molecule has 6 heteroatoms. The van der Waals surface area contributed by atoms with E-state index in [1.54, 1.807) is 9.80 Å². The van der Waals surface area contributed by atoms with E-state index in [0.29, 0.717) is 32.7 Å². The topological polar surface area (TPSA) is 61.9 Å². The molecular weight excluding hydrogens is 318 g/mol. The van der Waals surface area contributed by atoms with Crippen molar-refractivity contribution >= 4 is 12.1 Å². The number of aryl methyl sites for hydroxylation is 2. The summed E-state index contributed by atoms with van der Waals surface area (Å²) in [7, 11) is 0. The van der Waals surface area contributed by atoms with Crippen LogP contribution in [0.3, 0.4) is 0 Å². The molecule has 1 aliphatic rings. The van der Waals surface area contributed by atoms with Gasteiger partial charge in [0.1, 0.15) is 5.60 Å². The molecule has 25 heavy (non-hydrogen) atoms. The molecule has 138 valence electrons. The second-order valence-electron chi connectivity index (χ2n) is 7.54. The van der Waals surface area contributed by atoms with Crippen molar-refractivity contribution in [2.75, 3.05) is 26.2 Å². The lowest BCUT2D eigenvalue weighted by atomic mass is 10.1. The van der Waals surface area contributed by atoms with Crippen molar-refractivity contribution in [3.05, 3.63) is 34.9 Å². The van der Waals surface area contributed by atoms with Crippen molar-refractivity contribution in [3.8, 4) is 0 Å². The summed E-state index contributed by atoms with van der Waals surface area (Å²) < 4.78 is 5.37. The third-order valence-corrected chi connectivity index (χ3v) is 4.15. The third-order valence-electron chi connectivity index (χ3n) is 4.15. The van der Waals surface area contributed by atoms with Crippen LogP contribution in [0.1, 0.15) is 37.5 Å². The minimum Gasteiger partial charge on any atom is -0.444 e. The van der Waals surface area contributed by atoms with Gasteiger partial charge in [-0.1, -0.05) is 23.8 Å². The van der Waals surface area contributed by atoms with Crippen LogP contribution in [0.15, 0.2) is 18.2 Å². The molecule has 6 nitrogen and oxygen atoms in total. The number of nitrogens with one attached hydrogen (secondary N) is 1. The minimum atomic E-state index is -0.502. The Morgan fingerprint density at radius 2 is 1.68 bits per heavy atom. The first kappa shape index (κ1) is 19.1. The molecule has 1 saturated heterocycles. The van der Waals surface area contributed by atoms with Crippen molar-refractivity contribution in [2.45, 2.75) is 46.8 Å². The van der Waals surface area contributed by atoms with E-state index in [2.05, 4.69) is 18.3 Å². The summed E-state index contributed by atoms with van der Waals surface area (Å²) in [5, 5.41) is 2.96. The van der Waals surface area contributed by atoms with Gasteiger partial charge in [-0.15, -0.1) is 0 Å². The number of amides is 3. The van der Waals surface area contributed by atoms with E-state index in [-0.39, 0.29) is 12.1 Å². The van der Waals surface area contributed by atoms with Crippen LogP contribution >= 0.6 is 0 Å². The minimum absolute atomic E-state index is 0.0937. The molecule has 3 amide bonds. The Morgan fingerprint density at radius 3 is 2.24 bits per heavy atom. The van der Waals surface area contributed by atoms with Gasteiger partial charge in [-0.05, 0) is 45.7 Å². The van der Waals surface area contributed by atoms with Gasteiger partial charge < -0.3 is 19.9 Å². The molecule has 0 unspecified atom stereocenters. The zero-order chi connectivity index (χ0) is 18.6. The molecule has 0 aromatic heterocycles. The van der Waals surface area contributed by atoms with Crippen LogP contribution in [0.25, 0.3) is 0 Å². The van der Waals surface area contributed by atoms with Crippen LogP contribution in [0.2, 0.25) is 0 Å². The van der Waals surface area contributed by atoms with Crippen molar-refractivity contribution in [1.29, 1.82) is 0 Å². The highest BCUT2D eigenvalue weighted by Crippen LogP contribution is 2.13. The van der Waals surface area contributed by atoms with Gasteiger partial charge in [0.2, 0.25) is 0 Å². The molecule has 1 aromatic rings. The zero-order valence-corrected chi connectivity index (χ0v) is 15.9. The zero-order valence-electron chi connectivity index (χ0n) is 15.9. The van der Waals surface area contributed by atoms with E-state index in [4.69, 9.17) is 4.74 Å². The van der Waals surface area contributed by atoms with Crippen LogP contribution in [-0.2, 0) is 11.3 Å². The summed E-state index contributed by atoms with van der Waals surface area (Å²) >= 11 is 0. The normalized spacial score (nSPS) is 15.1. The highest BCUT2D eigenvalue weighted by Gasteiger charge is 2.27. The fraction of sp³-hybridized carbons (Fsp3) is 0.579. The van der Waals surface area contributed by atoms with Crippen molar-refractivity contribution in [1.82, 2.24) is 15.1 Å². The van der Waals surface area contributed by atoms with Crippen molar-refractivity contribution in [2.24, 2.45) is 0 Å². The highest BCUT2D eigenvalue weighted by atomic mass is 16.6. The molecule has 1 aromatic carbocycles. The van der Waals surface area contributed by atoms with Gasteiger partial charge in [-0.3, -0.25) is 0 Å². The molecule has 0 aliphatic carbocycles. The van der Waals surface area contributed by atoms with E-state index in [0.717, 1.165) is 5.56 Å².